The number of carbonyl (C=O) groups is 1. The third-order valence-electron chi connectivity index (χ3n) is 3.03. The third kappa shape index (κ3) is 3.21. The fourth-order valence-electron chi connectivity index (χ4n) is 2.01. The molecule has 22 heavy (non-hydrogen) atoms. The van der Waals surface area contributed by atoms with Gasteiger partial charge < -0.3 is 5.32 Å². The van der Waals surface area contributed by atoms with Crippen molar-refractivity contribution in [1.29, 1.82) is 0 Å². The van der Waals surface area contributed by atoms with Gasteiger partial charge in [-0.05, 0) is 42.5 Å². The van der Waals surface area contributed by atoms with Crippen molar-refractivity contribution in [3.63, 3.8) is 0 Å². The molecule has 0 radical (unpaired) electrons. The average Bonchev–Trinajstić information content (AvgIpc) is 2.83. The van der Waals surface area contributed by atoms with Gasteiger partial charge in [0.2, 0.25) is 5.91 Å². The number of hydrogen-bond donors (Lipinski definition) is 1. The van der Waals surface area contributed by atoms with E-state index >= 15 is 0 Å². The molecule has 2 aromatic heterocycles. The molecule has 1 aromatic carbocycles. The molecule has 1 N–H and O–H groups in total. The van der Waals surface area contributed by atoms with Gasteiger partial charge in [0, 0.05) is 22.4 Å². The minimum Gasteiger partial charge on any atom is -0.323 e. The first kappa shape index (κ1) is 14.8. The number of carbonyl (C=O) groups excluding carboxylic acids is 1. The first-order valence-corrected chi connectivity index (χ1v) is 7.68. The highest BCUT2D eigenvalue weighted by Crippen LogP contribution is 2.19. The van der Waals surface area contributed by atoms with Crippen LogP contribution in [0.4, 0.5) is 5.69 Å². The van der Waals surface area contributed by atoms with Crippen molar-refractivity contribution in [1.82, 2.24) is 9.38 Å². The Hall–Kier alpha value is -2.11. The van der Waals surface area contributed by atoms with Crippen LogP contribution in [-0.2, 0) is 4.79 Å². The second kappa shape index (κ2) is 6.34. The molecule has 0 saturated carbocycles. The molecule has 6 heteroatoms. The number of amides is 1. The van der Waals surface area contributed by atoms with Crippen LogP contribution in [0.25, 0.3) is 11.7 Å². The van der Waals surface area contributed by atoms with Gasteiger partial charge in [0.25, 0.3) is 0 Å². The van der Waals surface area contributed by atoms with E-state index in [0.29, 0.717) is 10.8 Å². The van der Waals surface area contributed by atoms with Crippen molar-refractivity contribution in [2.45, 2.75) is 0 Å². The first-order chi connectivity index (χ1) is 10.6. The fourth-order valence-corrected chi connectivity index (χ4v) is 2.51. The maximum atomic E-state index is 12.0. The van der Waals surface area contributed by atoms with Crippen LogP contribution >= 0.6 is 27.5 Å². The minimum absolute atomic E-state index is 0.232. The fraction of sp³-hybridized carbons (Fsp3) is 0. The number of aromatic nitrogens is 2. The summed E-state index contributed by atoms with van der Waals surface area (Å²) >= 11 is 9.46. The Morgan fingerprint density at radius 1 is 1.23 bits per heavy atom. The van der Waals surface area contributed by atoms with Crippen LogP contribution in [0.2, 0.25) is 5.15 Å². The zero-order chi connectivity index (χ0) is 15.5. The molecule has 110 valence electrons. The number of pyridine rings is 1. The van der Waals surface area contributed by atoms with Crippen molar-refractivity contribution in [2.75, 3.05) is 5.32 Å². The van der Waals surface area contributed by atoms with E-state index in [1.807, 2.05) is 53.1 Å². The molecule has 0 bridgehead atoms. The molecule has 0 atom stereocenters. The Labute approximate surface area is 140 Å². The summed E-state index contributed by atoms with van der Waals surface area (Å²) in [5, 5.41) is 3.14. The van der Waals surface area contributed by atoms with Gasteiger partial charge in [-0.15, -0.1) is 0 Å². The average molecular weight is 377 g/mol. The van der Waals surface area contributed by atoms with E-state index in [-0.39, 0.29) is 5.91 Å². The lowest BCUT2D eigenvalue weighted by Gasteiger charge is -2.01. The lowest BCUT2D eigenvalue weighted by molar-refractivity contribution is -0.111. The molecule has 0 aliphatic heterocycles. The highest BCUT2D eigenvalue weighted by atomic mass is 79.9. The Morgan fingerprint density at radius 3 is 2.77 bits per heavy atom. The minimum atomic E-state index is -0.232. The highest BCUT2D eigenvalue weighted by molar-refractivity contribution is 9.10. The lowest BCUT2D eigenvalue weighted by atomic mass is 10.3. The Bertz CT molecular complexity index is 855. The number of imidazole rings is 1. The molecular formula is C16H11BrClN3O. The summed E-state index contributed by atoms with van der Waals surface area (Å²) in [4.78, 5) is 16.2. The van der Waals surface area contributed by atoms with Crippen LogP contribution in [0, 0.1) is 0 Å². The summed E-state index contributed by atoms with van der Waals surface area (Å²) < 4.78 is 2.78. The van der Waals surface area contributed by atoms with E-state index < -0.39 is 0 Å². The summed E-state index contributed by atoms with van der Waals surface area (Å²) in [6.45, 7) is 0. The van der Waals surface area contributed by atoms with Gasteiger partial charge in [0.15, 0.2) is 5.15 Å². The molecule has 0 aliphatic rings. The molecule has 0 saturated heterocycles. The van der Waals surface area contributed by atoms with Crippen LogP contribution in [0.1, 0.15) is 5.69 Å². The Balaban J connectivity index is 1.79. The zero-order valence-corrected chi connectivity index (χ0v) is 13.7. The maximum Gasteiger partial charge on any atom is 0.248 e. The van der Waals surface area contributed by atoms with E-state index in [2.05, 4.69) is 26.2 Å². The largest absolute Gasteiger partial charge is 0.323 e. The molecule has 1 amide bonds. The Morgan fingerprint density at radius 2 is 2.00 bits per heavy atom. The van der Waals surface area contributed by atoms with Crippen LogP contribution in [0.15, 0.2) is 59.2 Å². The van der Waals surface area contributed by atoms with Gasteiger partial charge in [-0.2, -0.15) is 0 Å². The number of rotatable bonds is 3. The molecule has 4 nitrogen and oxygen atoms in total. The number of halogens is 2. The van der Waals surface area contributed by atoms with E-state index in [0.717, 1.165) is 15.8 Å². The number of fused-ring (bicyclic) bond motifs is 1. The van der Waals surface area contributed by atoms with Gasteiger partial charge >= 0.3 is 0 Å². The molecule has 0 aliphatic carbocycles. The summed E-state index contributed by atoms with van der Waals surface area (Å²) in [5.41, 5.74) is 2.13. The van der Waals surface area contributed by atoms with Gasteiger partial charge in [0.1, 0.15) is 5.65 Å². The number of benzene rings is 1. The van der Waals surface area contributed by atoms with Crippen molar-refractivity contribution < 1.29 is 4.79 Å². The van der Waals surface area contributed by atoms with Crippen molar-refractivity contribution in [2.24, 2.45) is 0 Å². The predicted octanol–water partition coefficient (Wildman–Crippen LogP) is 4.40. The molecule has 2 heterocycles. The van der Waals surface area contributed by atoms with Gasteiger partial charge in [-0.1, -0.05) is 33.6 Å². The smallest absolute Gasteiger partial charge is 0.248 e. The molecule has 0 spiro atoms. The Kier molecular flexibility index (Phi) is 4.27. The van der Waals surface area contributed by atoms with E-state index in [4.69, 9.17) is 11.6 Å². The second-order valence-corrected chi connectivity index (χ2v) is 5.82. The normalized spacial score (nSPS) is 11.2. The van der Waals surface area contributed by atoms with Gasteiger partial charge in [0.05, 0.1) is 5.69 Å². The molecule has 3 rings (SSSR count). The van der Waals surface area contributed by atoms with Crippen LogP contribution in [-0.4, -0.2) is 15.3 Å². The summed E-state index contributed by atoms with van der Waals surface area (Å²) in [5.74, 6) is -0.232. The molecule has 0 unspecified atom stereocenters. The third-order valence-corrected chi connectivity index (χ3v) is 3.83. The zero-order valence-electron chi connectivity index (χ0n) is 11.3. The maximum absolute atomic E-state index is 12.0. The number of anilines is 1. The van der Waals surface area contributed by atoms with Crippen molar-refractivity contribution in [3.05, 3.63) is 70.1 Å². The van der Waals surface area contributed by atoms with Gasteiger partial charge in [-0.25, -0.2) is 4.98 Å². The summed E-state index contributed by atoms with van der Waals surface area (Å²) in [6, 6.07) is 13.0. The highest BCUT2D eigenvalue weighted by Gasteiger charge is 2.07. The first-order valence-electron chi connectivity index (χ1n) is 6.51. The monoisotopic (exact) mass is 375 g/mol. The number of nitrogens with zero attached hydrogens (tertiary/aromatic N) is 2. The molecule has 3 aromatic rings. The second-order valence-electron chi connectivity index (χ2n) is 4.55. The summed E-state index contributed by atoms with van der Waals surface area (Å²) in [6.07, 6.45) is 4.93. The van der Waals surface area contributed by atoms with E-state index in [9.17, 15) is 4.79 Å². The van der Waals surface area contributed by atoms with Crippen molar-refractivity contribution in [3.8, 4) is 0 Å². The van der Waals surface area contributed by atoms with Crippen molar-refractivity contribution >= 4 is 50.8 Å². The standard InChI is InChI=1S/C16H11BrClN3O/c17-11-4-6-12(7-5-11)19-15(22)9-8-13-16(18)20-14-3-1-2-10-21(13)14/h1-10H,(H,19,22). The van der Waals surface area contributed by atoms with Crippen LogP contribution in [0.3, 0.4) is 0 Å². The topological polar surface area (TPSA) is 46.4 Å². The quantitative estimate of drug-likeness (QED) is 0.689. The summed E-state index contributed by atoms with van der Waals surface area (Å²) in [7, 11) is 0. The number of nitrogens with one attached hydrogen (secondary N) is 1. The number of hydrogen-bond acceptors (Lipinski definition) is 2. The van der Waals surface area contributed by atoms with E-state index in [1.165, 1.54) is 6.08 Å². The molecule has 0 fully saturated rings. The lowest BCUT2D eigenvalue weighted by Crippen LogP contribution is -2.07. The van der Waals surface area contributed by atoms with Crippen LogP contribution < -0.4 is 5.32 Å². The van der Waals surface area contributed by atoms with E-state index in [1.54, 1.807) is 6.08 Å². The predicted molar refractivity (Wildman–Crippen MR) is 92.0 cm³/mol. The van der Waals surface area contributed by atoms with Crippen LogP contribution in [0.5, 0.6) is 0 Å². The SMILES string of the molecule is O=C(C=Cc1c(Cl)nc2ccccn12)Nc1ccc(Br)cc1. The van der Waals surface area contributed by atoms with Gasteiger partial charge in [-0.3, -0.25) is 9.20 Å². The molecular weight excluding hydrogens is 366 g/mol.